The molecule has 0 saturated carbocycles. The fourth-order valence-electron chi connectivity index (χ4n) is 1.29. The van der Waals surface area contributed by atoms with Crippen LogP contribution in [0.4, 0.5) is 0 Å². The second-order valence-corrected chi connectivity index (χ2v) is 4.66. The Kier molecular flexibility index (Phi) is 7.75. The molecule has 0 aliphatic rings. The van der Waals surface area contributed by atoms with E-state index in [1.807, 2.05) is 13.8 Å². The van der Waals surface area contributed by atoms with E-state index in [9.17, 15) is 4.46 Å². The molecule has 84 valence electrons. The highest BCUT2D eigenvalue weighted by molar-refractivity contribution is 6.26. The molecule has 0 radical (unpaired) electrons. The minimum Gasteiger partial charge on any atom is -0.494 e. The zero-order valence-electron chi connectivity index (χ0n) is 9.71. The van der Waals surface area contributed by atoms with Crippen molar-refractivity contribution in [1.82, 2.24) is 0 Å². The third-order valence-corrected chi connectivity index (χ3v) is 3.17. The molecule has 14 heavy (non-hydrogen) atoms. The van der Waals surface area contributed by atoms with Gasteiger partial charge in [0.15, 0.2) is 0 Å². The molecule has 0 aromatic carbocycles. The number of hydrogen-bond donors (Lipinski definition) is 0. The molecule has 0 aromatic heterocycles. The van der Waals surface area contributed by atoms with Gasteiger partial charge >= 0.3 is 9.17 Å². The van der Waals surface area contributed by atoms with Crippen LogP contribution in [-0.2, 0) is 13.3 Å². The van der Waals surface area contributed by atoms with E-state index in [1.165, 1.54) is 0 Å². The number of rotatable bonds is 8. The van der Waals surface area contributed by atoms with Crippen LogP contribution in [0, 0.1) is 0 Å². The maximum atomic E-state index is 11.4. The van der Waals surface area contributed by atoms with Gasteiger partial charge in [0.1, 0.15) is 0 Å². The minimum atomic E-state index is -2.28. The van der Waals surface area contributed by atoms with E-state index in [0.29, 0.717) is 0 Å². The van der Waals surface area contributed by atoms with Gasteiger partial charge in [0.05, 0.1) is 12.2 Å². The third-order valence-electron chi connectivity index (χ3n) is 1.99. The van der Waals surface area contributed by atoms with Crippen LogP contribution in [0.5, 0.6) is 0 Å². The lowest BCUT2D eigenvalue weighted by Gasteiger charge is -2.15. The Hall–Kier alpha value is -0.383. The molecule has 0 rings (SSSR count). The summed E-state index contributed by atoms with van der Waals surface area (Å²) in [6.45, 7) is 8.02. The molecule has 4 heteroatoms. The number of hydrogen-bond acceptors (Lipinski definition) is 3. The van der Waals surface area contributed by atoms with Crippen molar-refractivity contribution in [2.24, 2.45) is 0 Å². The average Bonchev–Trinajstić information content (AvgIpc) is 2.03. The van der Waals surface area contributed by atoms with Crippen molar-refractivity contribution in [2.45, 2.75) is 65.6 Å². The van der Waals surface area contributed by atoms with Crippen LogP contribution in [0.2, 0.25) is 0 Å². The van der Waals surface area contributed by atoms with Crippen LogP contribution in [-0.4, -0.2) is 21.4 Å². The molecule has 0 aliphatic heterocycles. The van der Waals surface area contributed by atoms with Crippen molar-refractivity contribution in [3.8, 4) is 0 Å². The van der Waals surface area contributed by atoms with E-state index in [4.69, 9.17) is 8.85 Å². The summed E-state index contributed by atoms with van der Waals surface area (Å²) in [5.41, 5.74) is 0. The first-order chi connectivity index (χ1) is 6.60. The lowest BCUT2D eigenvalue weighted by molar-refractivity contribution is 0.0880. The lowest BCUT2D eigenvalue weighted by Crippen LogP contribution is -2.23. The van der Waals surface area contributed by atoms with Gasteiger partial charge < -0.3 is 8.85 Å². The van der Waals surface area contributed by atoms with Crippen LogP contribution in [0.15, 0.2) is 0 Å². The van der Waals surface area contributed by atoms with E-state index in [2.05, 4.69) is 13.8 Å². The Morgan fingerprint density at radius 2 is 1.36 bits per heavy atom. The van der Waals surface area contributed by atoms with Gasteiger partial charge in [-0.05, 0) is 26.7 Å². The maximum absolute atomic E-state index is 11.4. The van der Waals surface area contributed by atoms with E-state index in [1.54, 1.807) is 0 Å². The molecule has 0 aromatic rings. The predicted molar refractivity (Wildman–Crippen MR) is 57.4 cm³/mol. The van der Waals surface area contributed by atoms with Crippen molar-refractivity contribution in [3.05, 3.63) is 0 Å². The monoisotopic (exact) mass is 218 g/mol. The largest absolute Gasteiger partial charge is 0.767 e. The van der Waals surface area contributed by atoms with Crippen LogP contribution in [0.1, 0.15) is 53.4 Å². The van der Waals surface area contributed by atoms with Gasteiger partial charge in [0.25, 0.3) is 0 Å². The molecule has 0 saturated heterocycles. The molecule has 0 spiro atoms. The zero-order valence-corrected chi connectivity index (χ0v) is 10.7. The van der Waals surface area contributed by atoms with Gasteiger partial charge in [-0.25, -0.2) is 0 Å². The first kappa shape index (κ1) is 13.6. The summed E-state index contributed by atoms with van der Waals surface area (Å²) in [6, 6.07) is 0. The second kappa shape index (κ2) is 7.97. The van der Waals surface area contributed by atoms with Crippen LogP contribution in [0.25, 0.3) is 0 Å². The summed E-state index contributed by atoms with van der Waals surface area (Å²) in [5.74, 6) is 0. The summed E-state index contributed by atoms with van der Waals surface area (Å²) in [5, 5.41) is 0. The molecule has 0 heterocycles. The van der Waals surface area contributed by atoms with Crippen LogP contribution < -0.4 is 0 Å². The maximum Gasteiger partial charge on any atom is 0.767 e. The summed E-state index contributed by atoms with van der Waals surface area (Å²) in [6.07, 6.45) is 4.03. The molecule has 2 atom stereocenters. The predicted octanol–water partition coefficient (Wildman–Crippen LogP) is 2.81. The highest BCUT2D eigenvalue weighted by Gasteiger charge is 2.17. The van der Waals surface area contributed by atoms with Gasteiger partial charge in [-0.2, -0.15) is 0 Å². The molecule has 0 aliphatic carbocycles. The van der Waals surface area contributed by atoms with E-state index in [-0.39, 0.29) is 12.2 Å². The fraction of sp³-hybridized carbons (Fsp3) is 1.00. The highest BCUT2D eigenvalue weighted by Crippen LogP contribution is 2.04. The van der Waals surface area contributed by atoms with Crippen molar-refractivity contribution in [1.29, 1.82) is 0 Å². The Labute approximate surface area is 88.7 Å². The molecule has 0 amide bonds. The van der Waals surface area contributed by atoms with Crippen LogP contribution >= 0.6 is 0 Å². The summed E-state index contributed by atoms with van der Waals surface area (Å²) in [4.78, 5) is 0. The molecule has 2 unspecified atom stereocenters. The topological polar surface area (TPSA) is 35.5 Å². The van der Waals surface area contributed by atoms with Gasteiger partial charge in [-0.3, -0.25) is 4.46 Å². The smallest absolute Gasteiger partial charge is 0.494 e. The Bertz CT molecular complexity index is 145. The summed E-state index contributed by atoms with van der Waals surface area (Å²) in [7, 11) is -2.28. The van der Waals surface area contributed by atoms with Gasteiger partial charge in [-0.1, -0.05) is 26.7 Å². The quantitative estimate of drug-likeness (QED) is 0.588. The van der Waals surface area contributed by atoms with Gasteiger partial charge in [-0.15, -0.1) is 0 Å². The minimum absolute atomic E-state index is 0.0419. The molecular formula is C10H22O3Si. The fourth-order valence-corrected chi connectivity index (χ4v) is 2.24. The first-order valence-corrected chi connectivity index (χ1v) is 6.69. The Morgan fingerprint density at radius 3 is 1.64 bits per heavy atom. The van der Waals surface area contributed by atoms with Gasteiger partial charge in [0.2, 0.25) is 0 Å². The zero-order chi connectivity index (χ0) is 11.0. The standard InChI is InChI=1S/C10H22O3Si/c1-5-7-9(3)12-14(11)13-10(4)8-6-2/h9-10H,5-8H2,1-4H3. The van der Waals surface area contributed by atoms with E-state index < -0.39 is 9.17 Å². The first-order valence-electron chi connectivity index (χ1n) is 5.47. The molecule has 0 N–H and O–H groups in total. The van der Waals surface area contributed by atoms with E-state index in [0.717, 1.165) is 25.7 Å². The third kappa shape index (κ3) is 7.06. The summed E-state index contributed by atoms with van der Waals surface area (Å²) >= 11 is 0. The molecule has 0 fully saturated rings. The molecule has 3 nitrogen and oxygen atoms in total. The van der Waals surface area contributed by atoms with Crippen molar-refractivity contribution in [3.63, 3.8) is 0 Å². The molecular weight excluding hydrogens is 196 g/mol. The van der Waals surface area contributed by atoms with Crippen molar-refractivity contribution >= 4 is 9.17 Å². The normalized spacial score (nSPS) is 14.6. The van der Waals surface area contributed by atoms with Crippen molar-refractivity contribution in [2.75, 3.05) is 0 Å². The Balaban J connectivity index is 3.63. The van der Waals surface area contributed by atoms with E-state index >= 15 is 0 Å². The SMILES string of the molecule is CCCC(C)O[Si](=O)OC(C)CCC. The van der Waals surface area contributed by atoms with Gasteiger partial charge in [0, 0.05) is 0 Å². The lowest BCUT2D eigenvalue weighted by atomic mass is 10.2. The van der Waals surface area contributed by atoms with Crippen LogP contribution in [0.3, 0.4) is 0 Å². The highest BCUT2D eigenvalue weighted by atomic mass is 28.3. The second-order valence-electron chi connectivity index (χ2n) is 3.68. The molecule has 0 bridgehead atoms. The van der Waals surface area contributed by atoms with Crippen molar-refractivity contribution < 1.29 is 13.3 Å². The Morgan fingerprint density at radius 1 is 1.00 bits per heavy atom. The average molecular weight is 218 g/mol. The summed E-state index contributed by atoms with van der Waals surface area (Å²) < 4.78 is 21.8.